The lowest BCUT2D eigenvalue weighted by molar-refractivity contribution is -0.193. The monoisotopic (exact) mass is 1210 g/mol. The Bertz CT molecular complexity index is 2610. The zero-order chi connectivity index (χ0) is 63.6. The van der Waals surface area contributed by atoms with E-state index >= 15 is 0 Å². The molecule has 27 nitrogen and oxygen atoms in total. The number of fused-ring (bicyclic) bond motifs is 1. The van der Waals surface area contributed by atoms with E-state index in [1.54, 1.807) is 13.1 Å². The molecule has 2 fully saturated rings. The second-order valence-corrected chi connectivity index (χ2v) is 20.1. The molecule has 8 atom stereocenters. The fourth-order valence-electron chi connectivity index (χ4n) is 8.55. The molecule has 1 aromatic carbocycles. The molecule has 4 rings (SSSR count). The molecule has 17 N–H and O–H groups in total. The van der Waals surface area contributed by atoms with Gasteiger partial charge in [-0.1, -0.05) is 52.3 Å². The largest absolute Gasteiger partial charge is 0.490 e. The number of likely N-dealkylation sites (tertiary alicyclic amines) is 1. The Hall–Kier alpha value is -8.26. The van der Waals surface area contributed by atoms with Gasteiger partial charge in [0.05, 0.1) is 6.54 Å². The number of aromatic amines is 1. The minimum Gasteiger partial charge on any atom is -0.480 e. The molecule has 0 spiro atoms. The first kappa shape index (κ1) is 71.8. The van der Waals surface area contributed by atoms with Crippen LogP contribution in [0.1, 0.15) is 104 Å². The number of aliphatic carboxylic acids is 3. The van der Waals surface area contributed by atoms with E-state index in [0.717, 1.165) is 10.9 Å². The molecule has 8 amide bonds. The average Bonchev–Trinajstić information content (AvgIpc) is 4.10. The summed E-state index contributed by atoms with van der Waals surface area (Å²) in [6.07, 6.45) is -5.41. The van der Waals surface area contributed by atoms with Crippen LogP contribution in [-0.4, -0.2) is 177 Å². The highest BCUT2D eigenvalue weighted by Gasteiger charge is 2.42. The lowest BCUT2D eigenvalue weighted by Crippen LogP contribution is -2.60. The number of para-hydroxylation sites is 1. The van der Waals surface area contributed by atoms with Gasteiger partial charge >= 0.3 is 30.3 Å². The summed E-state index contributed by atoms with van der Waals surface area (Å²) in [6, 6.07) is -0.472. The first-order valence-electron chi connectivity index (χ1n) is 26.7. The van der Waals surface area contributed by atoms with Crippen LogP contribution in [-0.2, 0) is 59.2 Å². The fourth-order valence-corrected chi connectivity index (χ4v) is 8.55. The molecular weight excluding hydrogens is 1130 g/mol. The Kier molecular flexibility index (Phi) is 29.4. The van der Waals surface area contributed by atoms with E-state index in [4.69, 9.17) is 37.0 Å². The molecule has 84 heavy (non-hydrogen) atoms. The van der Waals surface area contributed by atoms with Crippen LogP contribution in [0.2, 0.25) is 0 Å². The number of nitrogens with one attached hydrogen (secondary N) is 8. The van der Waals surface area contributed by atoms with Gasteiger partial charge in [0.2, 0.25) is 47.3 Å². The molecular formula is C51H75F6N13O14. The predicted molar refractivity (Wildman–Crippen MR) is 287 cm³/mol. The maximum absolute atomic E-state index is 14.6. The highest BCUT2D eigenvalue weighted by molar-refractivity contribution is 5.98. The predicted octanol–water partition coefficient (Wildman–Crippen LogP) is 0.146. The first-order valence-corrected chi connectivity index (χ1v) is 26.7. The molecule has 2 saturated heterocycles. The van der Waals surface area contributed by atoms with Gasteiger partial charge in [-0.15, -0.1) is 0 Å². The first-order chi connectivity index (χ1) is 39.2. The molecule has 33 heteroatoms. The zero-order valence-electron chi connectivity index (χ0n) is 46.6. The second kappa shape index (κ2) is 34.4. The molecule has 1 aromatic heterocycles. The second-order valence-electron chi connectivity index (χ2n) is 20.1. The molecule has 0 unspecified atom stereocenters. The van der Waals surface area contributed by atoms with Crippen LogP contribution in [0, 0.1) is 11.8 Å². The number of amides is 8. The van der Waals surface area contributed by atoms with Crippen LogP contribution >= 0.6 is 0 Å². The van der Waals surface area contributed by atoms with Crippen molar-refractivity contribution in [1.29, 1.82) is 0 Å². The molecule has 2 aliphatic rings. The number of aromatic nitrogens is 1. The summed E-state index contributed by atoms with van der Waals surface area (Å²) >= 11 is 0. The van der Waals surface area contributed by atoms with Gasteiger partial charge in [0.1, 0.15) is 42.3 Å². The van der Waals surface area contributed by atoms with Gasteiger partial charge in [0, 0.05) is 43.0 Å². The van der Waals surface area contributed by atoms with Gasteiger partial charge in [0.25, 0.3) is 0 Å². The van der Waals surface area contributed by atoms with E-state index in [9.17, 15) is 74.6 Å². The summed E-state index contributed by atoms with van der Waals surface area (Å²) in [7, 11) is 0. The van der Waals surface area contributed by atoms with Gasteiger partial charge in [0.15, 0.2) is 5.96 Å². The third kappa shape index (κ3) is 24.7. The maximum Gasteiger partial charge on any atom is 0.490 e. The van der Waals surface area contributed by atoms with E-state index in [0.29, 0.717) is 37.8 Å². The molecule has 2 aliphatic heterocycles. The van der Waals surface area contributed by atoms with Crippen molar-refractivity contribution >= 4 is 82.0 Å². The molecule has 0 aliphatic carbocycles. The van der Waals surface area contributed by atoms with Gasteiger partial charge in [-0.3, -0.25) is 43.3 Å². The number of halogens is 6. The van der Waals surface area contributed by atoms with Crippen LogP contribution in [0.25, 0.3) is 10.9 Å². The lowest BCUT2D eigenvalue weighted by atomic mass is 9.96. The SMILES string of the molecule is CC[C@H](C)[C@H](NC(=O)[C@H](Cc1c[nH]c2ccccc12)NC(=O)[C@@H]1CCCN1C(=O)[C@H](CCCN=C(N)N)NC(=O)[C@H](CCCCN)NC(=O)CNC(=O)[C@@H]1CCC(=O)N1)C(=O)N[C@@H](CC(C)C)C(=O)O.O=C(O)C(F)(F)F.O=C(O)C(F)(F)F. The number of nitrogens with zero attached hydrogens (tertiary/aromatic N) is 2. The summed E-state index contributed by atoms with van der Waals surface area (Å²) in [4.78, 5) is 147. The topological polar surface area (TPSA) is 442 Å². The lowest BCUT2D eigenvalue weighted by Gasteiger charge is -2.31. The Morgan fingerprint density at radius 1 is 0.762 bits per heavy atom. The van der Waals surface area contributed by atoms with Crippen molar-refractivity contribution in [3.63, 3.8) is 0 Å². The molecule has 0 saturated carbocycles. The Labute approximate surface area is 478 Å². The summed E-state index contributed by atoms with van der Waals surface area (Å²) < 4.78 is 63.5. The zero-order valence-corrected chi connectivity index (χ0v) is 46.6. The van der Waals surface area contributed by atoms with E-state index in [1.165, 1.54) is 4.90 Å². The van der Waals surface area contributed by atoms with Gasteiger partial charge in [-0.25, -0.2) is 14.4 Å². The van der Waals surface area contributed by atoms with E-state index in [2.05, 4.69) is 47.2 Å². The van der Waals surface area contributed by atoms with Crippen molar-refractivity contribution in [2.75, 3.05) is 26.2 Å². The number of rotatable bonds is 28. The minimum absolute atomic E-state index is 0.0240. The van der Waals surface area contributed by atoms with Crippen LogP contribution < -0.4 is 54.4 Å². The normalized spacial score (nSPS) is 17.0. The van der Waals surface area contributed by atoms with Crippen LogP contribution in [0.5, 0.6) is 0 Å². The number of hydrogen-bond acceptors (Lipinski definition) is 13. The molecule has 2 aromatic rings. The van der Waals surface area contributed by atoms with Gasteiger partial charge in [-0.2, -0.15) is 26.3 Å². The Morgan fingerprint density at radius 2 is 1.36 bits per heavy atom. The number of carboxylic acids is 3. The molecule has 3 heterocycles. The highest BCUT2D eigenvalue weighted by Crippen LogP contribution is 2.23. The number of carboxylic acid groups (broad SMARTS) is 3. The number of carbonyl (C=O) groups excluding carboxylic acids is 8. The number of benzene rings is 1. The van der Waals surface area contributed by atoms with Crippen molar-refractivity contribution in [2.24, 2.45) is 34.0 Å². The summed E-state index contributed by atoms with van der Waals surface area (Å²) in [5.74, 6) is -12.2. The summed E-state index contributed by atoms with van der Waals surface area (Å²) in [5, 5.41) is 43.6. The van der Waals surface area contributed by atoms with E-state index in [1.807, 2.05) is 45.0 Å². The maximum atomic E-state index is 14.6. The third-order valence-electron chi connectivity index (χ3n) is 13.1. The molecule has 0 radical (unpaired) electrons. The van der Waals surface area contributed by atoms with Crippen molar-refractivity contribution in [3.8, 4) is 0 Å². The van der Waals surface area contributed by atoms with E-state index < -0.39 is 126 Å². The summed E-state index contributed by atoms with van der Waals surface area (Å²) in [6.45, 7) is 7.32. The van der Waals surface area contributed by atoms with Crippen LogP contribution in [0.4, 0.5) is 26.3 Å². The minimum atomic E-state index is -5.08. The van der Waals surface area contributed by atoms with Crippen molar-refractivity contribution in [3.05, 3.63) is 36.0 Å². The number of nitrogens with two attached hydrogens (primary N) is 3. The molecule has 0 bridgehead atoms. The quantitative estimate of drug-likeness (QED) is 0.0233. The van der Waals surface area contributed by atoms with Crippen molar-refractivity contribution in [2.45, 2.75) is 159 Å². The smallest absolute Gasteiger partial charge is 0.480 e. The third-order valence-corrected chi connectivity index (χ3v) is 13.1. The number of carbonyl (C=O) groups is 11. The standard InChI is InChI=1S/C47H73N13O10.2C2HF3O2/c1-5-27(4)39(44(67)58-35(46(69)70)22-26(2)3)59-42(65)34(23-28-24-52-30-13-7-6-12-29(28)30)57-43(66)36-16-11-21-60(36)45(68)33(15-10-20-51-47(49)50)56-41(64)31(14-8-9-19-48)55-38(62)25-53-40(63)32-17-18-37(61)54-32;2*3-2(4,5)1(6)7/h6-7,12-13,24,26-27,31-36,39,52H,5,8-11,14-23,25,48H2,1-4H3,(H,53,63)(H,54,61)(H,55,62)(H,56,64)(H,57,66)(H,58,67)(H,59,65)(H,69,70)(H4,49,50,51);2*(H,6,7)/t27-,31-,32-,33-,34-,35-,36-,39-;;/m0../s1. The van der Waals surface area contributed by atoms with Crippen LogP contribution in [0.3, 0.4) is 0 Å². The number of alkyl halides is 6. The summed E-state index contributed by atoms with van der Waals surface area (Å²) in [5.41, 5.74) is 18.3. The van der Waals surface area contributed by atoms with Crippen molar-refractivity contribution < 1.29 is 94.4 Å². The van der Waals surface area contributed by atoms with Crippen molar-refractivity contribution in [1.82, 2.24) is 47.1 Å². The fraction of sp³-hybridized carbons (Fsp3) is 0.608. The molecule has 470 valence electrons. The Balaban J connectivity index is 0.00000152. The highest BCUT2D eigenvalue weighted by atomic mass is 19.4. The van der Waals surface area contributed by atoms with E-state index in [-0.39, 0.29) is 82.2 Å². The van der Waals surface area contributed by atoms with Crippen LogP contribution in [0.15, 0.2) is 35.5 Å². The van der Waals surface area contributed by atoms with Gasteiger partial charge < -0.3 is 79.6 Å². The number of guanidine groups is 1. The number of unbranched alkanes of at least 4 members (excludes halogenated alkanes) is 1. The average molecular weight is 1210 g/mol. The number of aliphatic imine (C=N–C) groups is 1. The number of H-pyrrole nitrogens is 1. The Morgan fingerprint density at radius 3 is 1.90 bits per heavy atom. The number of hydrogen-bond donors (Lipinski definition) is 14. The van der Waals surface area contributed by atoms with Gasteiger partial charge in [-0.05, 0) is 87.8 Å².